The molecule has 2 aromatic carbocycles. The Bertz CT molecular complexity index is 1370. The van der Waals surface area contributed by atoms with E-state index in [1.807, 2.05) is 48.5 Å². The van der Waals surface area contributed by atoms with E-state index >= 15 is 0 Å². The van der Waals surface area contributed by atoms with E-state index in [-0.39, 0.29) is 0 Å². The highest BCUT2D eigenvalue weighted by molar-refractivity contribution is 5.60. The summed E-state index contributed by atoms with van der Waals surface area (Å²) < 4.78 is 16.3. The average molecular weight is 609 g/mol. The Hall–Kier alpha value is -4.06. The molecule has 6 nitrogen and oxygen atoms in total. The Kier molecular flexibility index (Phi) is 15.1. The van der Waals surface area contributed by atoms with E-state index < -0.39 is 0 Å². The van der Waals surface area contributed by atoms with Gasteiger partial charge in [-0.1, -0.05) is 46.0 Å². The summed E-state index contributed by atoms with van der Waals surface area (Å²) in [6.07, 6.45) is 22.0. The smallest absolute Gasteiger partial charge is 0.169 e. The Labute approximate surface area is 270 Å². The molecule has 2 aromatic heterocycles. The van der Waals surface area contributed by atoms with Crippen molar-refractivity contribution in [3.05, 3.63) is 97.6 Å². The number of unbranched alkanes of at least 4 members (excludes halogenated alkanes) is 8. The maximum atomic E-state index is 5.95. The standard InChI is InChI=1S/C39H52N4O2/c1-3-5-6-7-9-12-32-44-38-18-14-36(15-19-38)40-41-37-16-20-39(21-17-37)45-33-13-10-8-11-27-43-30-24-35(25-31-43)34-22-28-42(26-4-2)29-23-34/h14-25,28-31H,3-13,26-27,32-33H2,1-2H3/q+2. The van der Waals surface area contributed by atoms with E-state index in [9.17, 15) is 0 Å². The third-order valence-corrected chi connectivity index (χ3v) is 7.90. The molecule has 0 atom stereocenters. The first kappa shape index (κ1) is 33.8. The molecule has 0 N–H and O–H groups in total. The second kappa shape index (κ2) is 20.1. The largest absolute Gasteiger partial charge is 0.494 e. The quantitative estimate of drug-likeness (QED) is 0.0537. The summed E-state index contributed by atoms with van der Waals surface area (Å²) in [5, 5.41) is 8.73. The maximum Gasteiger partial charge on any atom is 0.169 e. The van der Waals surface area contributed by atoms with Gasteiger partial charge in [0.25, 0.3) is 0 Å². The lowest BCUT2D eigenvalue weighted by Gasteiger charge is -2.06. The van der Waals surface area contributed by atoms with Crippen LogP contribution >= 0.6 is 0 Å². The van der Waals surface area contributed by atoms with E-state index in [4.69, 9.17) is 9.47 Å². The van der Waals surface area contributed by atoms with E-state index in [0.29, 0.717) is 0 Å². The van der Waals surface area contributed by atoms with Gasteiger partial charge in [-0.05, 0) is 85.3 Å². The first-order valence-corrected chi connectivity index (χ1v) is 17.1. The van der Waals surface area contributed by atoms with Crippen molar-refractivity contribution in [2.45, 2.75) is 97.6 Å². The molecule has 238 valence electrons. The molecule has 0 aliphatic carbocycles. The van der Waals surface area contributed by atoms with E-state index in [0.717, 1.165) is 74.9 Å². The summed E-state index contributed by atoms with van der Waals surface area (Å²) in [7, 11) is 0. The van der Waals surface area contributed by atoms with Crippen molar-refractivity contribution in [3.63, 3.8) is 0 Å². The van der Waals surface area contributed by atoms with Crippen LogP contribution in [0.15, 0.2) is 108 Å². The molecular weight excluding hydrogens is 556 g/mol. The summed E-state index contributed by atoms with van der Waals surface area (Å²) in [6, 6.07) is 24.5. The van der Waals surface area contributed by atoms with Crippen molar-refractivity contribution in [2.75, 3.05) is 13.2 Å². The van der Waals surface area contributed by atoms with Crippen LogP contribution in [0.25, 0.3) is 11.1 Å². The molecule has 0 radical (unpaired) electrons. The van der Waals surface area contributed by atoms with Gasteiger partial charge in [0.15, 0.2) is 24.8 Å². The number of benzene rings is 2. The number of hydrogen-bond donors (Lipinski definition) is 0. The lowest BCUT2D eigenvalue weighted by Crippen LogP contribution is -2.32. The topological polar surface area (TPSA) is 50.9 Å². The number of aromatic nitrogens is 2. The molecule has 0 saturated heterocycles. The van der Waals surface area contributed by atoms with Crippen LogP contribution in [0.4, 0.5) is 11.4 Å². The first-order chi connectivity index (χ1) is 22.2. The monoisotopic (exact) mass is 608 g/mol. The third-order valence-electron chi connectivity index (χ3n) is 7.90. The Morgan fingerprint density at radius 1 is 0.444 bits per heavy atom. The zero-order valence-electron chi connectivity index (χ0n) is 27.4. The molecule has 45 heavy (non-hydrogen) atoms. The van der Waals surface area contributed by atoms with Crippen molar-refractivity contribution in [1.82, 2.24) is 0 Å². The number of aryl methyl sites for hydroxylation is 2. The van der Waals surface area contributed by atoms with Gasteiger partial charge in [0.2, 0.25) is 0 Å². The molecule has 0 unspecified atom stereocenters. The minimum Gasteiger partial charge on any atom is -0.494 e. The third kappa shape index (κ3) is 12.8. The normalized spacial score (nSPS) is 11.2. The second-order valence-corrected chi connectivity index (χ2v) is 11.7. The number of pyridine rings is 2. The lowest BCUT2D eigenvalue weighted by molar-refractivity contribution is -0.697. The van der Waals surface area contributed by atoms with Gasteiger partial charge in [0.1, 0.15) is 24.6 Å². The molecular formula is C39H52N4O2+2. The van der Waals surface area contributed by atoms with Crippen LogP contribution in [0.3, 0.4) is 0 Å². The number of ether oxygens (including phenoxy) is 2. The highest BCUT2D eigenvalue weighted by Crippen LogP contribution is 2.23. The molecule has 0 saturated carbocycles. The Morgan fingerprint density at radius 3 is 1.33 bits per heavy atom. The summed E-state index contributed by atoms with van der Waals surface area (Å²) in [6.45, 7) is 8.05. The van der Waals surface area contributed by atoms with Gasteiger partial charge in [-0.3, -0.25) is 0 Å². The second-order valence-electron chi connectivity index (χ2n) is 11.7. The fourth-order valence-corrected chi connectivity index (χ4v) is 5.20. The van der Waals surface area contributed by atoms with E-state index in [1.54, 1.807) is 0 Å². The molecule has 0 spiro atoms. The number of hydrogen-bond acceptors (Lipinski definition) is 4. The van der Waals surface area contributed by atoms with Crippen molar-refractivity contribution in [1.29, 1.82) is 0 Å². The van der Waals surface area contributed by atoms with Crippen LogP contribution in [0, 0.1) is 0 Å². The fourth-order valence-electron chi connectivity index (χ4n) is 5.20. The van der Waals surface area contributed by atoms with Crippen LogP contribution in [-0.4, -0.2) is 13.2 Å². The summed E-state index contributed by atoms with van der Waals surface area (Å²) >= 11 is 0. The maximum absolute atomic E-state index is 5.95. The molecule has 0 aliphatic rings. The first-order valence-electron chi connectivity index (χ1n) is 17.1. The summed E-state index contributed by atoms with van der Waals surface area (Å²) in [5.41, 5.74) is 4.14. The van der Waals surface area contributed by atoms with Gasteiger partial charge in [-0.2, -0.15) is 10.2 Å². The number of nitrogens with zero attached hydrogens (tertiary/aromatic N) is 4. The zero-order valence-corrected chi connectivity index (χ0v) is 27.4. The molecule has 4 rings (SSSR count). The molecule has 0 aliphatic heterocycles. The van der Waals surface area contributed by atoms with Crippen molar-refractivity contribution >= 4 is 11.4 Å². The van der Waals surface area contributed by atoms with E-state index in [2.05, 4.69) is 82.3 Å². The number of rotatable bonds is 21. The molecule has 4 aromatic rings. The minimum atomic E-state index is 0.727. The van der Waals surface area contributed by atoms with E-state index in [1.165, 1.54) is 56.1 Å². The van der Waals surface area contributed by atoms with Gasteiger partial charge < -0.3 is 9.47 Å². The van der Waals surface area contributed by atoms with Gasteiger partial charge in [0.05, 0.1) is 24.6 Å². The number of azo groups is 1. The van der Waals surface area contributed by atoms with Crippen LogP contribution in [0.1, 0.15) is 84.5 Å². The lowest BCUT2D eigenvalue weighted by atomic mass is 10.1. The Morgan fingerprint density at radius 2 is 0.867 bits per heavy atom. The minimum absolute atomic E-state index is 0.727. The van der Waals surface area contributed by atoms with Gasteiger partial charge in [-0.15, -0.1) is 0 Å². The highest BCUT2D eigenvalue weighted by atomic mass is 16.5. The molecule has 2 heterocycles. The summed E-state index contributed by atoms with van der Waals surface area (Å²) in [4.78, 5) is 0. The SMILES string of the molecule is CCCCCCCCOc1ccc(N=Nc2ccc(OCCCCCC[n+]3ccc(-c4cc[n+](CCC)cc4)cc3)cc2)cc1. The van der Waals surface area contributed by atoms with Crippen molar-refractivity contribution in [3.8, 4) is 22.6 Å². The van der Waals surface area contributed by atoms with Crippen LogP contribution in [0.2, 0.25) is 0 Å². The zero-order chi connectivity index (χ0) is 31.4. The highest BCUT2D eigenvalue weighted by Gasteiger charge is 2.06. The predicted molar refractivity (Wildman–Crippen MR) is 182 cm³/mol. The average Bonchev–Trinajstić information content (AvgIpc) is 3.08. The molecule has 6 heteroatoms. The predicted octanol–water partition coefficient (Wildman–Crippen LogP) is 10.1. The molecule has 0 amide bonds. The van der Waals surface area contributed by atoms with Crippen LogP contribution in [-0.2, 0) is 13.1 Å². The van der Waals surface area contributed by atoms with Crippen molar-refractivity contribution in [2.24, 2.45) is 10.2 Å². The molecule has 0 bridgehead atoms. The fraction of sp³-hybridized carbons (Fsp3) is 0.436. The van der Waals surface area contributed by atoms with Crippen LogP contribution in [0.5, 0.6) is 11.5 Å². The van der Waals surface area contributed by atoms with Crippen LogP contribution < -0.4 is 18.6 Å². The molecule has 0 fully saturated rings. The van der Waals surface area contributed by atoms with Gasteiger partial charge in [-0.25, -0.2) is 9.13 Å². The Balaban J connectivity index is 1.06. The van der Waals surface area contributed by atoms with Gasteiger partial charge >= 0.3 is 0 Å². The van der Waals surface area contributed by atoms with Gasteiger partial charge in [0, 0.05) is 37.1 Å². The summed E-state index contributed by atoms with van der Waals surface area (Å²) in [5.74, 6) is 1.76. The van der Waals surface area contributed by atoms with Crippen molar-refractivity contribution < 1.29 is 18.6 Å².